The van der Waals surface area contributed by atoms with Crippen LogP contribution in [0.3, 0.4) is 0 Å². The second kappa shape index (κ2) is 10.1. The van der Waals surface area contributed by atoms with Crippen molar-refractivity contribution in [2.75, 3.05) is 39.9 Å². The predicted molar refractivity (Wildman–Crippen MR) is 103 cm³/mol. The Bertz CT molecular complexity index is 457. The van der Waals surface area contributed by atoms with E-state index in [-0.39, 0.29) is 18.0 Å². The summed E-state index contributed by atoms with van der Waals surface area (Å²) in [5.74, 6) is 0.152. The Morgan fingerprint density at radius 2 is 1.73 bits per heavy atom. The van der Waals surface area contributed by atoms with Crippen molar-refractivity contribution in [2.45, 2.75) is 71.3 Å². The van der Waals surface area contributed by atoms with Crippen molar-refractivity contribution in [3.05, 3.63) is 0 Å². The molecule has 6 heteroatoms. The van der Waals surface area contributed by atoms with Crippen LogP contribution in [0.25, 0.3) is 0 Å². The van der Waals surface area contributed by atoms with Gasteiger partial charge in [0.2, 0.25) is 5.91 Å². The smallest absolute Gasteiger partial charge is 0.317 e. The summed E-state index contributed by atoms with van der Waals surface area (Å²) in [7, 11) is 1.61. The highest BCUT2D eigenvalue weighted by Crippen LogP contribution is 2.37. The number of piperidine rings is 1. The lowest BCUT2D eigenvalue weighted by atomic mass is 9.76. The van der Waals surface area contributed by atoms with Crippen LogP contribution in [-0.2, 0) is 9.53 Å². The van der Waals surface area contributed by atoms with Crippen molar-refractivity contribution in [3.63, 3.8) is 0 Å². The van der Waals surface area contributed by atoms with E-state index in [0.717, 1.165) is 51.9 Å². The number of amides is 3. The standard InChI is InChI=1S/C20H37N3O3/c1-4-20(5-2)10-6-12-23(15-11-20)19(25)21-17-7-13-22(14-8-17)18(24)9-16-26-3/h17H,4-16H2,1-3H3,(H,21,25). The lowest BCUT2D eigenvalue weighted by Crippen LogP contribution is -2.50. The van der Waals surface area contributed by atoms with E-state index in [1.807, 2.05) is 9.80 Å². The molecule has 0 saturated carbocycles. The monoisotopic (exact) mass is 367 g/mol. The van der Waals surface area contributed by atoms with E-state index < -0.39 is 0 Å². The molecule has 0 aromatic heterocycles. The average molecular weight is 368 g/mol. The maximum atomic E-state index is 12.7. The number of likely N-dealkylation sites (tertiary alicyclic amines) is 2. The number of urea groups is 1. The van der Waals surface area contributed by atoms with E-state index in [1.165, 1.54) is 19.3 Å². The Morgan fingerprint density at radius 3 is 2.35 bits per heavy atom. The summed E-state index contributed by atoms with van der Waals surface area (Å²) >= 11 is 0. The van der Waals surface area contributed by atoms with Crippen LogP contribution in [0, 0.1) is 5.41 Å². The molecule has 0 radical (unpaired) electrons. The zero-order chi connectivity index (χ0) is 19.0. The summed E-state index contributed by atoms with van der Waals surface area (Å²) in [6, 6.07) is 0.261. The molecule has 26 heavy (non-hydrogen) atoms. The number of carbonyl (C=O) groups excluding carboxylic acids is 2. The highest BCUT2D eigenvalue weighted by atomic mass is 16.5. The third kappa shape index (κ3) is 5.60. The molecular weight excluding hydrogens is 330 g/mol. The number of hydrogen-bond acceptors (Lipinski definition) is 3. The summed E-state index contributed by atoms with van der Waals surface area (Å²) in [5, 5.41) is 3.21. The highest BCUT2D eigenvalue weighted by molar-refractivity contribution is 5.76. The van der Waals surface area contributed by atoms with Crippen molar-refractivity contribution in [3.8, 4) is 0 Å². The highest BCUT2D eigenvalue weighted by Gasteiger charge is 2.31. The van der Waals surface area contributed by atoms with Crippen LogP contribution in [0.4, 0.5) is 4.79 Å². The minimum Gasteiger partial charge on any atom is -0.384 e. The number of nitrogens with zero attached hydrogens (tertiary/aromatic N) is 2. The summed E-state index contributed by atoms with van der Waals surface area (Å²) < 4.78 is 4.98. The van der Waals surface area contributed by atoms with Gasteiger partial charge in [-0.3, -0.25) is 4.79 Å². The molecule has 2 saturated heterocycles. The molecule has 2 aliphatic rings. The maximum absolute atomic E-state index is 12.7. The van der Waals surface area contributed by atoms with Gasteiger partial charge in [-0.05, 0) is 37.5 Å². The SMILES string of the molecule is CCC1(CC)CCCN(C(=O)NC2CCN(C(=O)CCOC)CC2)CC1. The van der Waals surface area contributed by atoms with Gasteiger partial charge in [0.25, 0.3) is 0 Å². The van der Waals surface area contributed by atoms with Crippen molar-refractivity contribution >= 4 is 11.9 Å². The molecule has 6 nitrogen and oxygen atoms in total. The Hall–Kier alpha value is -1.30. The van der Waals surface area contributed by atoms with Gasteiger partial charge >= 0.3 is 6.03 Å². The van der Waals surface area contributed by atoms with Crippen LogP contribution in [-0.4, -0.2) is 67.7 Å². The molecular formula is C20H37N3O3. The topological polar surface area (TPSA) is 61.9 Å². The van der Waals surface area contributed by atoms with Gasteiger partial charge in [0, 0.05) is 39.3 Å². The number of rotatable bonds is 6. The summed E-state index contributed by atoms with van der Waals surface area (Å²) in [6.45, 7) is 8.21. The fraction of sp³-hybridized carbons (Fsp3) is 0.900. The first-order valence-corrected chi connectivity index (χ1v) is 10.4. The zero-order valence-electron chi connectivity index (χ0n) is 16.9. The van der Waals surface area contributed by atoms with Crippen molar-refractivity contribution in [2.24, 2.45) is 5.41 Å². The minimum absolute atomic E-state index is 0.0807. The molecule has 0 spiro atoms. The third-order valence-electron chi connectivity index (χ3n) is 6.53. The average Bonchev–Trinajstić information content (AvgIpc) is 2.90. The molecule has 150 valence electrons. The van der Waals surface area contributed by atoms with Gasteiger partial charge in [-0.25, -0.2) is 4.79 Å². The quantitative estimate of drug-likeness (QED) is 0.785. The van der Waals surface area contributed by atoms with Gasteiger partial charge in [0.15, 0.2) is 0 Å². The molecule has 2 fully saturated rings. The van der Waals surface area contributed by atoms with Gasteiger partial charge < -0.3 is 19.9 Å². The summed E-state index contributed by atoms with van der Waals surface area (Å²) in [4.78, 5) is 28.6. The molecule has 2 rings (SSSR count). The van der Waals surface area contributed by atoms with Crippen molar-refractivity contribution in [1.29, 1.82) is 0 Å². The van der Waals surface area contributed by atoms with Crippen LogP contribution >= 0.6 is 0 Å². The first-order chi connectivity index (χ1) is 12.5. The fourth-order valence-corrected chi connectivity index (χ4v) is 4.30. The number of ether oxygens (including phenoxy) is 1. The minimum atomic E-state index is 0.0807. The maximum Gasteiger partial charge on any atom is 0.317 e. The molecule has 3 amide bonds. The second-order valence-electron chi connectivity index (χ2n) is 7.90. The summed E-state index contributed by atoms with van der Waals surface area (Å²) in [5.41, 5.74) is 0.420. The van der Waals surface area contributed by atoms with Crippen LogP contribution in [0.1, 0.15) is 65.2 Å². The van der Waals surface area contributed by atoms with Crippen molar-refractivity contribution in [1.82, 2.24) is 15.1 Å². The van der Waals surface area contributed by atoms with Gasteiger partial charge in [0.05, 0.1) is 13.0 Å². The Morgan fingerprint density at radius 1 is 1.04 bits per heavy atom. The van der Waals surface area contributed by atoms with E-state index in [2.05, 4.69) is 19.2 Å². The Labute approximate surface area is 158 Å². The number of carbonyl (C=O) groups is 2. The molecule has 0 aromatic rings. The molecule has 0 aromatic carbocycles. The lowest BCUT2D eigenvalue weighted by molar-refractivity contribution is -0.133. The van der Waals surface area contributed by atoms with Gasteiger partial charge in [-0.1, -0.05) is 26.7 Å². The van der Waals surface area contributed by atoms with Crippen LogP contribution in [0.2, 0.25) is 0 Å². The van der Waals surface area contributed by atoms with Crippen LogP contribution in [0.15, 0.2) is 0 Å². The Balaban J connectivity index is 1.76. The number of nitrogens with one attached hydrogen (secondary N) is 1. The van der Waals surface area contributed by atoms with E-state index in [1.54, 1.807) is 7.11 Å². The van der Waals surface area contributed by atoms with Gasteiger partial charge in [-0.2, -0.15) is 0 Å². The molecule has 2 heterocycles. The number of methoxy groups -OCH3 is 1. The largest absolute Gasteiger partial charge is 0.384 e. The first kappa shape index (κ1) is 21.0. The third-order valence-corrected chi connectivity index (χ3v) is 6.53. The predicted octanol–water partition coefficient (Wildman–Crippen LogP) is 3.02. The number of hydrogen-bond donors (Lipinski definition) is 1. The lowest BCUT2D eigenvalue weighted by Gasteiger charge is -2.34. The normalized spacial score (nSPS) is 21.3. The summed E-state index contributed by atoms with van der Waals surface area (Å²) in [6.07, 6.45) is 7.96. The molecule has 0 bridgehead atoms. The molecule has 2 aliphatic heterocycles. The van der Waals surface area contributed by atoms with E-state index in [9.17, 15) is 9.59 Å². The Kier molecular flexibility index (Phi) is 8.19. The molecule has 0 aliphatic carbocycles. The molecule has 1 N–H and O–H groups in total. The van der Waals surface area contributed by atoms with Gasteiger partial charge in [-0.15, -0.1) is 0 Å². The van der Waals surface area contributed by atoms with E-state index in [0.29, 0.717) is 18.4 Å². The van der Waals surface area contributed by atoms with E-state index in [4.69, 9.17) is 4.74 Å². The second-order valence-corrected chi connectivity index (χ2v) is 7.90. The van der Waals surface area contributed by atoms with Crippen molar-refractivity contribution < 1.29 is 14.3 Å². The van der Waals surface area contributed by atoms with Crippen LogP contribution in [0.5, 0.6) is 0 Å². The first-order valence-electron chi connectivity index (χ1n) is 10.4. The van der Waals surface area contributed by atoms with Gasteiger partial charge in [0.1, 0.15) is 0 Å². The van der Waals surface area contributed by atoms with E-state index >= 15 is 0 Å². The molecule has 0 atom stereocenters. The zero-order valence-corrected chi connectivity index (χ0v) is 16.9. The van der Waals surface area contributed by atoms with Crippen LogP contribution < -0.4 is 5.32 Å². The molecule has 0 unspecified atom stereocenters. The fourth-order valence-electron chi connectivity index (χ4n) is 4.30.